The molecule has 7 heteroatoms. The smallest absolute Gasteiger partial charge is 0.156 e. The van der Waals surface area contributed by atoms with Crippen molar-refractivity contribution in [1.82, 2.24) is 14.6 Å². The minimum Gasteiger partial charge on any atom is -0.497 e. The SMILES string of the molecule is COc1cccc(C(=N)c2ccc3nc(NCO)cn3n2)c1. The topological polar surface area (TPSA) is 95.5 Å². The van der Waals surface area contributed by atoms with E-state index in [0.717, 1.165) is 5.56 Å². The molecule has 0 fully saturated rings. The number of nitrogens with zero attached hydrogens (tertiary/aromatic N) is 3. The minimum absolute atomic E-state index is 0.198. The summed E-state index contributed by atoms with van der Waals surface area (Å²) in [6, 6.07) is 10.8. The standard InChI is InChI=1S/C15H15N5O2/c1-22-11-4-2-3-10(7-11)15(16)12-5-6-14-18-13(17-9-21)8-20(14)19-12/h2-8,16-17,21H,9H2,1H3. The summed E-state index contributed by atoms with van der Waals surface area (Å²) < 4.78 is 6.75. The lowest BCUT2D eigenvalue weighted by Gasteiger charge is -2.06. The van der Waals surface area contributed by atoms with Gasteiger partial charge in [0.25, 0.3) is 0 Å². The number of hydrogen-bond acceptors (Lipinski definition) is 6. The number of aromatic nitrogens is 3. The van der Waals surface area contributed by atoms with Gasteiger partial charge in [-0.15, -0.1) is 0 Å². The summed E-state index contributed by atoms with van der Waals surface area (Å²) in [7, 11) is 1.59. The fraction of sp³-hybridized carbons (Fsp3) is 0.133. The first-order valence-electron chi connectivity index (χ1n) is 6.66. The van der Waals surface area contributed by atoms with Crippen molar-refractivity contribution in [3.63, 3.8) is 0 Å². The Bertz CT molecular complexity index is 828. The van der Waals surface area contributed by atoms with Crippen molar-refractivity contribution >= 4 is 17.2 Å². The van der Waals surface area contributed by atoms with Crippen LogP contribution in [0.3, 0.4) is 0 Å². The Hall–Kier alpha value is -2.93. The molecule has 0 spiro atoms. The summed E-state index contributed by atoms with van der Waals surface area (Å²) in [6.45, 7) is -0.198. The van der Waals surface area contributed by atoms with Gasteiger partial charge in [-0.25, -0.2) is 9.50 Å². The highest BCUT2D eigenvalue weighted by Crippen LogP contribution is 2.16. The second-order valence-corrected chi connectivity index (χ2v) is 4.59. The van der Waals surface area contributed by atoms with Crippen molar-refractivity contribution < 1.29 is 9.84 Å². The zero-order valence-corrected chi connectivity index (χ0v) is 11.9. The number of rotatable bonds is 5. The predicted octanol–water partition coefficient (Wildman–Crippen LogP) is 1.52. The predicted molar refractivity (Wildman–Crippen MR) is 82.6 cm³/mol. The van der Waals surface area contributed by atoms with Gasteiger partial charge in [-0.3, -0.25) is 5.41 Å². The third-order valence-electron chi connectivity index (χ3n) is 3.19. The Kier molecular flexibility index (Phi) is 3.71. The molecule has 2 heterocycles. The van der Waals surface area contributed by atoms with Gasteiger partial charge in [0.2, 0.25) is 0 Å². The Morgan fingerprint density at radius 1 is 1.36 bits per heavy atom. The van der Waals surface area contributed by atoms with Gasteiger partial charge in [0.05, 0.1) is 19.0 Å². The van der Waals surface area contributed by atoms with Crippen molar-refractivity contribution in [3.8, 4) is 5.75 Å². The van der Waals surface area contributed by atoms with Crippen LogP contribution in [-0.2, 0) is 0 Å². The second kappa shape index (κ2) is 5.82. The van der Waals surface area contributed by atoms with Crippen LogP contribution in [0.4, 0.5) is 5.82 Å². The van der Waals surface area contributed by atoms with E-state index in [4.69, 9.17) is 15.3 Å². The van der Waals surface area contributed by atoms with E-state index in [1.807, 2.05) is 18.2 Å². The van der Waals surface area contributed by atoms with Gasteiger partial charge in [-0.1, -0.05) is 12.1 Å². The van der Waals surface area contributed by atoms with Crippen LogP contribution in [0, 0.1) is 5.41 Å². The van der Waals surface area contributed by atoms with Crippen molar-refractivity contribution in [1.29, 1.82) is 5.41 Å². The van der Waals surface area contributed by atoms with Gasteiger partial charge in [0, 0.05) is 5.56 Å². The fourth-order valence-corrected chi connectivity index (χ4v) is 2.11. The van der Waals surface area contributed by atoms with E-state index in [1.54, 1.807) is 36.0 Å². The van der Waals surface area contributed by atoms with Crippen LogP contribution in [0.2, 0.25) is 0 Å². The molecule has 0 bridgehead atoms. The third kappa shape index (κ3) is 2.61. The van der Waals surface area contributed by atoms with Crippen LogP contribution in [-0.4, -0.2) is 39.3 Å². The molecule has 0 aliphatic carbocycles. The van der Waals surface area contributed by atoms with Crippen LogP contribution >= 0.6 is 0 Å². The highest BCUT2D eigenvalue weighted by molar-refractivity contribution is 6.09. The molecule has 0 unspecified atom stereocenters. The number of methoxy groups -OCH3 is 1. The molecule has 1 aromatic carbocycles. The van der Waals surface area contributed by atoms with Crippen molar-refractivity contribution in [3.05, 3.63) is 53.9 Å². The zero-order valence-electron chi connectivity index (χ0n) is 11.9. The maximum absolute atomic E-state index is 8.86. The Labute approximate surface area is 126 Å². The molecule has 112 valence electrons. The van der Waals surface area contributed by atoms with Gasteiger partial charge >= 0.3 is 0 Å². The fourth-order valence-electron chi connectivity index (χ4n) is 2.11. The Balaban J connectivity index is 1.96. The lowest BCUT2D eigenvalue weighted by Crippen LogP contribution is -2.07. The maximum atomic E-state index is 8.86. The van der Waals surface area contributed by atoms with Gasteiger partial charge in [0.15, 0.2) is 5.65 Å². The largest absolute Gasteiger partial charge is 0.497 e. The average Bonchev–Trinajstić information content (AvgIpc) is 2.96. The molecule has 22 heavy (non-hydrogen) atoms. The highest BCUT2D eigenvalue weighted by Gasteiger charge is 2.10. The molecule has 7 nitrogen and oxygen atoms in total. The molecule has 3 N–H and O–H groups in total. The van der Waals surface area contributed by atoms with Crippen LogP contribution in [0.15, 0.2) is 42.6 Å². The normalized spacial score (nSPS) is 10.6. The van der Waals surface area contributed by atoms with Crippen LogP contribution in [0.25, 0.3) is 5.65 Å². The molecule has 0 atom stereocenters. The number of fused-ring (bicyclic) bond motifs is 1. The summed E-state index contributed by atoms with van der Waals surface area (Å²) in [4.78, 5) is 4.24. The number of hydrogen-bond donors (Lipinski definition) is 3. The molecule has 0 radical (unpaired) electrons. The Morgan fingerprint density at radius 2 is 2.23 bits per heavy atom. The van der Waals surface area contributed by atoms with E-state index in [9.17, 15) is 0 Å². The van der Waals surface area contributed by atoms with Crippen LogP contribution in [0.1, 0.15) is 11.3 Å². The first kappa shape index (κ1) is 14.0. The molecular weight excluding hydrogens is 282 g/mol. The summed E-state index contributed by atoms with van der Waals surface area (Å²) >= 11 is 0. The van der Waals surface area contributed by atoms with E-state index in [0.29, 0.717) is 28.6 Å². The van der Waals surface area contributed by atoms with Crippen molar-refractivity contribution in [2.24, 2.45) is 0 Å². The van der Waals surface area contributed by atoms with E-state index in [-0.39, 0.29) is 6.73 Å². The molecule has 2 aromatic heterocycles. The number of anilines is 1. The summed E-state index contributed by atoms with van der Waals surface area (Å²) in [6.07, 6.45) is 1.66. The number of benzene rings is 1. The molecule has 0 amide bonds. The van der Waals surface area contributed by atoms with E-state index >= 15 is 0 Å². The van der Waals surface area contributed by atoms with Crippen LogP contribution < -0.4 is 10.1 Å². The molecule has 0 saturated heterocycles. The minimum atomic E-state index is -0.198. The van der Waals surface area contributed by atoms with Crippen molar-refractivity contribution in [2.75, 3.05) is 19.2 Å². The van der Waals surface area contributed by atoms with Gasteiger partial charge < -0.3 is 15.2 Å². The van der Waals surface area contributed by atoms with E-state index in [2.05, 4.69) is 15.4 Å². The summed E-state index contributed by atoms with van der Waals surface area (Å²) in [5, 5.41) is 24.2. The number of imidazole rings is 1. The first-order valence-corrected chi connectivity index (χ1v) is 6.66. The first-order chi connectivity index (χ1) is 10.7. The lowest BCUT2D eigenvalue weighted by molar-refractivity contribution is 0.325. The van der Waals surface area contributed by atoms with Gasteiger partial charge in [0.1, 0.15) is 24.0 Å². The molecular formula is C15H15N5O2. The Morgan fingerprint density at radius 3 is 3.00 bits per heavy atom. The molecule has 0 aliphatic rings. The molecule has 0 saturated carbocycles. The number of ether oxygens (including phenoxy) is 1. The van der Waals surface area contributed by atoms with Gasteiger partial charge in [-0.2, -0.15) is 5.10 Å². The summed E-state index contributed by atoms with van der Waals surface area (Å²) in [5.74, 6) is 1.22. The zero-order chi connectivity index (χ0) is 15.5. The lowest BCUT2D eigenvalue weighted by atomic mass is 10.1. The average molecular weight is 297 g/mol. The third-order valence-corrected chi connectivity index (χ3v) is 3.19. The highest BCUT2D eigenvalue weighted by atomic mass is 16.5. The second-order valence-electron chi connectivity index (χ2n) is 4.59. The number of aliphatic hydroxyl groups is 1. The number of nitrogens with one attached hydrogen (secondary N) is 2. The number of aliphatic hydroxyl groups excluding tert-OH is 1. The molecule has 3 rings (SSSR count). The quantitative estimate of drug-likeness (QED) is 0.490. The van der Waals surface area contributed by atoms with Gasteiger partial charge in [-0.05, 0) is 24.3 Å². The van der Waals surface area contributed by atoms with Crippen molar-refractivity contribution in [2.45, 2.75) is 0 Å². The molecule has 0 aliphatic heterocycles. The monoisotopic (exact) mass is 297 g/mol. The van der Waals surface area contributed by atoms with E-state index in [1.165, 1.54) is 0 Å². The maximum Gasteiger partial charge on any atom is 0.156 e. The summed E-state index contributed by atoms with van der Waals surface area (Å²) in [5.41, 5.74) is 2.18. The van der Waals surface area contributed by atoms with E-state index < -0.39 is 0 Å². The van der Waals surface area contributed by atoms with Crippen LogP contribution in [0.5, 0.6) is 5.75 Å². The molecule has 3 aromatic rings.